The van der Waals surface area contributed by atoms with E-state index in [9.17, 15) is 4.79 Å². The number of hydrogen-bond acceptors (Lipinski definition) is 3. The van der Waals surface area contributed by atoms with Crippen molar-refractivity contribution in [1.82, 2.24) is 15.1 Å². The lowest BCUT2D eigenvalue weighted by atomic mass is 10.1. The lowest BCUT2D eigenvalue weighted by Gasteiger charge is -2.09. The van der Waals surface area contributed by atoms with Crippen molar-refractivity contribution in [1.29, 1.82) is 0 Å². The lowest BCUT2D eigenvalue weighted by Crippen LogP contribution is -2.32. The average Bonchev–Trinajstić information content (AvgIpc) is 3.17. The number of benzene rings is 1. The first-order valence-electron chi connectivity index (χ1n) is 7.66. The molecule has 1 fully saturated rings. The van der Waals surface area contributed by atoms with Crippen molar-refractivity contribution in [2.24, 2.45) is 7.05 Å². The highest BCUT2D eigenvalue weighted by Gasteiger charge is 2.20. The molecule has 1 aromatic carbocycles. The smallest absolute Gasteiger partial charge is 0.272 e. The van der Waals surface area contributed by atoms with Crippen LogP contribution in [-0.2, 0) is 7.05 Å². The minimum Gasteiger partial charge on any atom is -0.497 e. The normalized spacial score (nSPS) is 15.0. The van der Waals surface area contributed by atoms with Gasteiger partial charge in [-0.2, -0.15) is 5.10 Å². The second kappa shape index (κ2) is 6.22. The van der Waals surface area contributed by atoms with Crippen molar-refractivity contribution in [3.8, 4) is 17.0 Å². The van der Waals surface area contributed by atoms with Gasteiger partial charge in [-0.1, -0.05) is 25.0 Å². The molecule has 0 radical (unpaired) electrons. The second-order valence-corrected chi connectivity index (χ2v) is 5.73. The molecule has 1 aliphatic carbocycles. The van der Waals surface area contributed by atoms with Crippen molar-refractivity contribution in [3.05, 3.63) is 36.0 Å². The molecule has 0 unspecified atom stereocenters. The predicted octanol–water partition coefficient (Wildman–Crippen LogP) is 2.77. The number of ether oxygens (including phenoxy) is 1. The Morgan fingerprint density at radius 2 is 2.09 bits per heavy atom. The van der Waals surface area contributed by atoms with Crippen molar-refractivity contribution in [2.45, 2.75) is 31.7 Å². The third kappa shape index (κ3) is 2.98. The molecule has 1 amide bonds. The zero-order chi connectivity index (χ0) is 15.5. The van der Waals surface area contributed by atoms with E-state index in [-0.39, 0.29) is 5.91 Å². The fourth-order valence-electron chi connectivity index (χ4n) is 2.96. The van der Waals surface area contributed by atoms with E-state index in [0.717, 1.165) is 29.8 Å². The molecule has 22 heavy (non-hydrogen) atoms. The van der Waals surface area contributed by atoms with Crippen molar-refractivity contribution < 1.29 is 9.53 Å². The zero-order valence-electron chi connectivity index (χ0n) is 13.0. The van der Waals surface area contributed by atoms with Crippen LogP contribution in [0.2, 0.25) is 0 Å². The molecule has 1 saturated carbocycles. The number of carbonyl (C=O) groups excluding carboxylic acids is 1. The van der Waals surface area contributed by atoms with Crippen LogP contribution in [0.5, 0.6) is 5.75 Å². The Morgan fingerprint density at radius 3 is 2.82 bits per heavy atom. The summed E-state index contributed by atoms with van der Waals surface area (Å²) < 4.78 is 6.98. The van der Waals surface area contributed by atoms with E-state index in [1.165, 1.54) is 12.8 Å². The summed E-state index contributed by atoms with van der Waals surface area (Å²) in [5, 5.41) is 7.42. The number of amides is 1. The number of nitrogens with one attached hydrogen (secondary N) is 1. The van der Waals surface area contributed by atoms with Crippen molar-refractivity contribution in [2.75, 3.05) is 7.11 Å². The van der Waals surface area contributed by atoms with Gasteiger partial charge in [-0.15, -0.1) is 0 Å². The third-order valence-corrected chi connectivity index (χ3v) is 4.17. The Hall–Kier alpha value is -2.30. The highest BCUT2D eigenvalue weighted by molar-refractivity contribution is 5.93. The fraction of sp³-hybridized carbons (Fsp3) is 0.412. The highest BCUT2D eigenvalue weighted by atomic mass is 16.5. The number of aromatic nitrogens is 2. The summed E-state index contributed by atoms with van der Waals surface area (Å²) >= 11 is 0. The molecule has 0 bridgehead atoms. The lowest BCUT2D eigenvalue weighted by molar-refractivity contribution is 0.0932. The van der Waals surface area contributed by atoms with Gasteiger partial charge >= 0.3 is 0 Å². The fourth-order valence-corrected chi connectivity index (χ4v) is 2.96. The van der Waals surface area contributed by atoms with Gasteiger partial charge < -0.3 is 10.1 Å². The van der Waals surface area contributed by atoms with E-state index in [1.807, 2.05) is 37.4 Å². The van der Waals surface area contributed by atoms with Gasteiger partial charge in [0, 0.05) is 18.7 Å². The van der Waals surface area contributed by atoms with Crippen LogP contribution in [0.3, 0.4) is 0 Å². The Kier molecular flexibility index (Phi) is 4.13. The maximum atomic E-state index is 12.3. The quantitative estimate of drug-likeness (QED) is 0.944. The van der Waals surface area contributed by atoms with E-state index in [4.69, 9.17) is 4.74 Å². The van der Waals surface area contributed by atoms with Gasteiger partial charge in [-0.3, -0.25) is 9.48 Å². The molecule has 2 aromatic rings. The Labute approximate surface area is 130 Å². The summed E-state index contributed by atoms with van der Waals surface area (Å²) in [6, 6.07) is 9.88. The van der Waals surface area contributed by atoms with E-state index in [0.29, 0.717) is 11.7 Å². The monoisotopic (exact) mass is 299 g/mol. The van der Waals surface area contributed by atoms with E-state index < -0.39 is 0 Å². The van der Waals surface area contributed by atoms with Crippen LogP contribution in [0.4, 0.5) is 0 Å². The zero-order valence-corrected chi connectivity index (χ0v) is 13.0. The van der Waals surface area contributed by atoms with Crippen LogP contribution in [0.25, 0.3) is 11.3 Å². The summed E-state index contributed by atoms with van der Waals surface area (Å²) in [6.07, 6.45) is 4.53. The van der Waals surface area contributed by atoms with Gasteiger partial charge in [0.15, 0.2) is 5.69 Å². The van der Waals surface area contributed by atoms with Crippen molar-refractivity contribution >= 4 is 5.91 Å². The molecule has 0 atom stereocenters. The largest absolute Gasteiger partial charge is 0.497 e. The Balaban J connectivity index is 1.81. The summed E-state index contributed by atoms with van der Waals surface area (Å²) in [6.45, 7) is 0. The first-order valence-corrected chi connectivity index (χ1v) is 7.66. The van der Waals surface area contributed by atoms with E-state index in [2.05, 4.69) is 10.4 Å². The van der Waals surface area contributed by atoms with Gasteiger partial charge in [0.2, 0.25) is 0 Å². The number of aryl methyl sites for hydroxylation is 1. The Bertz CT molecular complexity index is 672. The number of hydrogen-bond donors (Lipinski definition) is 1. The molecule has 5 heteroatoms. The standard InChI is InChI=1S/C17H21N3O2/c1-20-16(12-6-5-9-14(10-12)22-2)11-15(19-20)17(21)18-13-7-3-4-8-13/h5-6,9-11,13H,3-4,7-8H2,1-2H3,(H,18,21). The summed E-state index contributed by atoms with van der Waals surface area (Å²) in [4.78, 5) is 12.3. The Morgan fingerprint density at radius 1 is 1.32 bits per heavy atom. The molecule has 0 spiro atoms. The summed E-state index contributed by atoms with van der Waals surface area (Å²) in [5.41, 5.74) is 2.34. The molecule has 116 valence electrons. The van der Waals surface area contributed by atoms with Crippen LogP contribution < -0.4 is 10.1 Å². The molecule has 1 aliphatic rings. The second-order valence-electron chi connectivity index (χ2n) is 5.73. The van der Waals surface area contributed by atoms with Crippen LogP contribution in [-0.4, -0.2) is 28.8 Å². The topological polar surface area (TPSA) is 56.1 Å². The third-order valence-electron chi connectivity index (χ3n) is 4.17. The van der Waals surface area contributed by atoms with Crippen LogP contribution >= 0.6 is 0 Å². The van der Waals surface area contributed by atoms with E-state index >= 15 is 0 Å². The summed E-state index contributed by atoms with van der Waals surface area (Å²) in [5.74, 6) is 0.701. The maximum Gasteiger partial charge on any atom is 0.272 e. The molecule has 1 heterocycles. The van der Waals surface area contributed by atoms with Crippen LogP contribution in [0, 0.1) is 0 Å². The molecule has 0 aliphatic heterocycles. The highest BCUT2D eigenvalue weighted by Crippen LogP contribution is 2.24. The van der Waals surface area contributed by atoms with E-state index in [1.54, 1.807) is 11.8 Å². The number of carbonyl (C=O) groups is 1. The SMILES string of the molecule is COc1cccc(-c2cc(C(=O)NC3CCCC3)nn2C)c1. The molecular formula is C17H21N3O2. The minimum atomic E-state index is -0.0864. The maximum absolute atomic E-state index is 12.3. The first kappa shape index (κ1) is 14.6. The number of rotatable bonds is 4. The molecular weight excluding hydrogens is 278 g/mol. The van der Waals surface area contributed by atoms with Crippen LogP contribution in [0.15, 0.2) is 30.3 Å². The molecule has 0 saturated heterocycles. The average molecular weight is 299 g/mol. The molecule has 5 nitrogen and oxygen atoms in total. The van der Waals surface area contributed by atoms with Gasteiger partial charge in [0.25, 0.3) is 5.91 Å². The summed E-state index contributed by atoms with van der Waals surface area (Å²) in [7, 11) is 3.49. The molecule has 1 aromatic heterocycles. The van der Waals surface area contributed by atoms with Gasteiger partial charge in [0.05, 0.1) is 12.8 Å². The van der Waals surface area contributed by atoms with Gasteiger partial charge in [0.1, 0.15) is 5.75 Å². The van der Waals surface area contributed by atoms with Crippen LogP contribution in [0.1, 0.15) is 36.2 Å². The number of methoxy groups -OCH3 is 1. The van der Waals surface area contributed by atoms with Gasteiger partial charge in [-0.25, -0.2) is 0 Å². The minimum absolute atomic E-state index is 0.0864. The molecule has 1 N–H and O–H groups in total. The number of nitrogens with zero attached hydrogens (tertiary/aromatic N) is 2. The first-order chi connectivity index (χ1) is 10.7. The molecule has 3 rings (SSSR count). The van der Waals surface area contributed by atoms with Gasteiger partial charge in [-0.05, 0) is 31.0 Å². The van der Waals surface area contributed by atoms with Crippen molar-refractivity contribution in [3.63, 3.8) is 0 Å². The predicted molar refractivity (Wildman–Crippen MR) is 84.9 cm³/mol.